The normalized spacial score (nSPS) is 15.1. The van der Waals surface area contributed by atoms with E-state index in [1.165, 1.54) is 0 Å². The van der Waals surface area contributed by atoms with Crippen LogP contribution in [0.5, 0.6) is 0 Å². The number of likely N-dealkylation sites (N-methyl/N-ethyl adjacent to an activating group) is 1. The SMILES string of the molecule is CCC(C)[C@H](N)C(=O)N(C)CCC(C)C. The molecule has 0 radical (unpaired) electrons. The third-order valence-electron chi connectivity index (χ3n) is 2.96. The summed E-state index contributed by atoms with van der Waals surface area (Å²) in [7, 11) is 1.84. The lowest BCUT2D eigenvalue weighted by Gasteiger charge is -2.25. The molecular weight excluding hydrogens is 188 g/mol. The zero-order valence-corrected chi connectivity index (χ0v) is 10.8. The van der Waals surface area contributed by atoms with Crippen LogP contribution in [0.2, 0.25) is 0 Å². The van der Waals surface area contributed by atoms with Gasteiger partial charge in [-0.3, -0.25) is 4.79 Å². The number of hydrogen-bond donors (Lipinski definition) is 1. The topological polar surface area (TPSA) is 46.3 Å². The molecule has 0 bridgehead atoms. The Balaban J connectivity index is 4.07. The third kappa shape index (κ3) is 5.17. The van der Waals surface area contributed by atoms with E-state index in [-0.39, 0.29) is 17.9 Å². The van der Waals surface area contributed by atoms with E-state index in [9.17, 15) is 4.79 Å². The monoisotopic (exact) mass is 214 g/mol. The number of hydrogen-bond acceptors (Lipinski definition) is 2. The van der Waals surface area contributed by atoms with Crippen molar-refractivity contribution in [2.75, 3.05) is 13.6 Å². The molecule has 1 unspecified atom stereocenters. The van der Waals surface area contributed by atoms with Gasteiger partial charge in [0.15, 0.2) is 0 Å². The molecule has 3 nitrogen and oxygen atoms in total. The summed E-state index contributed by atoms with van der Waals surface area (Å²) in [5, 5.41) is 0. The zero-order valence-electron chi connectivity index (χ0n) is 10.8. The van der Waals surface area contributed by atoms with E-state index in [0.29, 0.717) is 5.92 Å². The van der Waals surface area contributed by atoms with Gasteiger partial charge in [0.2, 0.25) is 5.91 Å². The molecule has 0 heterocycles. The molecule has 0 fully saturated rings. The Kier molecular flexibility index (Phi) is 6.57. The van der Waals surface area contributed by atoms with Crippen LogP contribution in [0.1, 0.15) is 40.5 Å². The Hall–Kier alpha value is -0.570. The lowest BCUT2D eigenvalue weighted by atomic mass is 9.99. The molecule has 0 aliphatic heterocycles. The van der Waals surface area contributed by atoms with Crippen molar-refractivity contribution in [1.29, 1.82) is 0 Å². The molecule has 0 spiro atoms. The van der Waals surface area contributed by atoms with Gasteiger partial charge in [-0.15, -0.1) is 0 Å². The van der Waals surface area contributed by atoms with Gasteiger partial charge in [0.25, 0.3) is 0 Å². The Morgan fingerprint density at radius 1 is 1.33 bits per heavy atom. The van der Waals surface area contributed by atoms with Gasteiger partial charge < -0.3 is 10.6 Å². The summed E-state index contributed by atoms with van der Waals surface area (Å²) in [6, 6.07) is -0.341. The second kappa shape index (κ2) is 6.83. The zero-order chi connectivity index (χ0) is 12.0. The summed E-state index contributed by atoms with van der Waals surface area (Å²) in [4.78, 5) is 13.6. The number of carbonyl (C=O) groups is 1. The molecule has 15 heavy (non-hydrogen) atoms. The molecule has 90 valence electrons. The summed E-state index contributed by atoms with van der Waals surface area (Å²) in [5.74, 6) is 0.962. The fourth-order valence-corrected chi connectivity index (χ4v) is 1.31. The molecule has 2 atom stereocenters. The minimum Gasteiger partial charge on any atom is -0.344 e. The maximum Gasteiger partial charge on any atom is 0.239 e. The molecule has 0 aliphatic carbocycles. The first-order valence-electron chi connectivity index (χ1n) is 5.90. The van der Waals surface area contributed by atoms with Crippen LogP contribution in [0.25, 0.3) is 0 Å². The maximum absolute atomic E-state index is 11.9. The molecule has 3 heteroatoms. The molecule has 0 rings (SSSR count). The highest BCUT2D eigenvalue weighted by Gasteiger charge is 2.22. The average Bonchev–Trinajstić information content (AvgIpc) is 2.22. The smallest absolute Gasteiger partial charge is 0.239 e. The van der Waals surface area contributed by atoms with E-state index >= 15 is 0 Å². The minimum atomic E-state index is -0.341. The van der Waals surface area contributed by atoms with Crippen molar-refractivity contribution in [2.24, 2.45) is 17.6 Å². The number of carbonyl (C=O) groups excluding carboxylic acids is 1. The van der Waals surface area contributed by atoms with Crippen LogP contribution in [-0.4, -0.2) is 30.4 Å². The number of nitrogens with zero attached hydrogens (tertiary/aromatic N) is 1. The Labute approximate surface area is 94.0 Å². The first-order chi connectivity index (χ1) is 6.90. The maximum atomic E-state index is 11.9. The molecule has 1 amide bonds. The standard InChI is InChI=1S/C12H26N2O/c1-6-10(4)11(13)12(15)14(5)8-7-9(2)3/h9-11H,6-8,13H2,1-5H3/t10?,11-/m0/s1. The van der Waals surface area contributed by atoms with Crippen LogP contribution in [0, 0.1) is 11.8 Å². The van der Waals surface area contributed by atoms with Gasteiger partial charge in [-0.05, 0) is 18.3 Å². The second-order valence-corrected chi connectivity index (χ2v) is 4.85. The minimum absolute atomic E-state index is 0.0741. The summed E-state index contributed by atoms with van der Waals surface area (Å²) >= 11 is 0. The van der Waals surface area contributed by atoms with Crippen molar-refractivity contribution in [2.45, 2.75) is 46.6 Å². The molecule has 0 aromatic heterocycles. The Morgan fingerprint density at radius 3 is 2.27 bits per heavy atom. The first-order valence-corrected chi connectivity index (χ1v) is 5.90. The van der Waals surface area contributed by atoms with Crippen molar-refractivity contribution < 1.29 is 4.79 Å². The number of rotatable bonds is 6. The van der Waals surface area contributed by atoms with Crippen LogP contribution in [0.3, 0.4) is 0 Å². The fourth-order valence-electron chi connectivity index (χ4n) is 1.31. The van der Waals surface area contributed by atoms with Crippen molar-refractivity contribution in [3.8, 4) is 0 Å². The van der Waals surface area contributed by atoms with E-state index in [0.717, 1.165) is 19.4 Å². The van der Waals surface area contributed by atoms with E-state index in [1.54, 1.807) is 4.90 Å². The number of nitrogens with two attached hydrogens (primary N) is 1. The highest BCUT2D eigenvalue weighted by molar-refractivity contribution is 5.81. The Bertz CT molecular complexity index is 192. The van der Waals surface area contributed by atoms with Gasteiger partial charge in [0.05, 0.1) is 6.04 Å². The lowest BCUT2D eigenvalue weighted by Crippen LogP contribution is -2.45. The van der Waals surface area contributed by atoms with Gasteiger partial charge >= 0.3 is 0 Å². The summed E-state index contributed by atoms with van der Waals surface area (Å²) in [6.45, 7) is 9.21. The highest BCUT2D eigenvalue weighted by Crippen LogP contribution is 2.09. The van der Waals surface area contributed by atoms with Gasteiger partial charge in [0.1, 0.15) is 0 Å². The predicted octanol–water partition coefficient (Wildman–Crippen LogP) is 1.86. The van der Waals surface area contributed by atoms with Gasteiger partial charge in [-0.25, -0.2) is 0 Å². The number of amides is 1. The molecule has 2 N–H and O–H groups in total. The predicted molar refractivity (Wildman–Crippen MR) is 64.5 cm³/mol. The van der Waals surface area contributed by atoms with Crippen molar-refractivity contribution in [1.82, 2.24) is 4.90 Å². The summed E-state index contributed by atoms with van der Waals surface area (Å²) in [6.07, 6.45) is 1.99. The molecule has 0 aliphatic rings. The van der Waals surface area contributed by atoms with Crippen LogP contribution >= 0.6 is 0 Å². The summed E-state index contributed by atoms with van der Waals surface area (Å²) in [5.41, 5.74) is 5.89. The molecular formula is C12H26N2O. The Morgan fingerprint density at radius 2 is 1.87 bits per heavy atom. The molecule has 0 saturated heterocycles. The molecule has 0 aromatic carbocycles. The first kappa shape index (κ1) is 14.4. The summed E-state index contributed by atoms with van der Waals surface area (Å²) < 4.78 is 0. The largest absolute Gasteiger partial charge is 0.344 e. The van der Waals surface area contributed by atoms with Gasteiger partial charge in [-0.1, -0.05) is 34.1 Å². The molecule has 0 saturated carbocycles. The highest BCUT2D eigenvalue weighted by atomic mass is 16.2. The molecule has 0 aromatic rings. The van der Waals surface area contributed by atoms with E-state index in [1.807, 2.05) is 14.0 Å². The van der Waals surface area contributed by atoms with Crippen LogP contribution in [0.15, 0.2) is 0 Å². The van der Waals surface area contributed by atoms with Crippen LogP contribution < -0.4 is 5.73 Å². The van der Waals surface area contributed by atoms with Crippen molar-refractivity contribution in [3.63, 3.8) is 0 Å². The van der Waals surface area contributed by atoms with E-state index in [4.69, 9.17) is 5.73 Å². The third-order valence-corrected chi connectivity index (χ3v) is 2.96. The fraction of sp³-hybridized carbons (Fsp3) is 0.917. The van der Waals surface area contributed by atoms with Crippen molar-refractivity contribution >= 4 is 5.91 Å². The lowest BCUT2D eigenvalue weighted by molar-refractivity contribution is -0.132. The van der Waals surface area contributed by atoms with Gasteiger partial charge in [-0.2, -0.15) is 0 Å². The van der Waals surface area contributed by atoms with Crippen LogP contribution in [0.4, 0.5) is 0 Å². The van der Waals surface area contributed by atoms with E-state index in [2.05, 4.69) is 20.8 Å². The average molecular weight is 214 g/mol. The second-order valence-electron chi connectivity index (χ2n) is 4.85. The van der Waals surface area contributed by atoms with Crippen LogP contribution in [-0.2, 0) is 4.79 Å². The van der Waals surface area contributed by atoms with E-state index < -0.39 is 0 Å². The quantitative estimate of drug-likeness (QED) is 0.733. The van der Waals surface area contributed by atoms with Gasteiger partial charge in [0, 0.05) is 13.6 Å². The van der Waals surface area contributed by atoms with Crippen molar-refractivity contribution in [3.05, 3.63) is 0 Å².